The topological polar surface area (TPSA) is 64.2 Å². The van der Waals surface area contributed by atoms with Gasteiger partial charge in [-0.25, -0.2) is 0 Å². The van der Waals surface area contributed by atoms with E-state index < -0.39 is 0 Å². The van der Waals surface area contributed by atoms with Crippen molar-refractivity contribution in [3.8, 4) is 0 Å². The molecular weight excluding hydrogens is 216 g/mol. The zero-order valence-electron chi connectivity index (χ0n) is 10.7. The summed E-state index contributed by atoms with van der Waals surface area (Å²) in [4.78, 5) is 14.2. The van der Waals surface area contributed by atoms with E-state index in [1.807, 2.05) is 4.90 Å². The van der Waals surface area contributed by atoms with Gasteiger partial charge in [0.1, 0.15) is 0 Å². The van der Waals surface area contributed by atoms with Crippen molar-refractivity contribution in [1.82, 2.24) is 14.7 Å². The van der Waals surface area contributed by atoms with Gasteiger partial charge in [-0.3, -0.25) is 9.48 Å². The van der Waals surface area contributed by atoms with Crippen LogP contribution in [0.1, 0.15) is 37.2 Å². The van der Waals surface area contributed by atoms with Crippen LogP contribution in [0.4, 0.5) is 5.69 Å². The van der Waals surface area contributed by atoms with Gasteiger partial charge < -0.3 is 10.6 Å². The van der Waals surface area contributed by atoms with Crippen LogP contribution >= 0.6 is 0 Å². The van der Waals surface area contributed by atoms with Crippen molar-refractivity contribution in [3.05, 3.63) is 11.9 Å². The van der Waals surface area contributed by atoms with Crippen molar-refractivity contribution in [3.63, 3.8) is 0 Å². The van der Waals surface area contributed by atoms with E-state index in [9.17, 15) is 4.79 Å². The van der Waals surface area contributed by atoms with E-state index in [-0.39, 0.29) is 11.9 Å². The number of piperidine rings is 1. The Labute approximate surface area is 102 Å². The lowest BCUT2D eigenvalue weighted by Gasteiger charge is -2.36. The number of aromatic nitrogens is 2. The first-order chi connectivity index (χ1) is 7.99. The summed E-state index contributed by atoms with van der Waals surface area (Å²) in [5.41, 5.74) is 6.64. The number of rotatable bonds is 1. The number of nitrogen functional groups attached to an aromatic ring is 1. The monoisotopic (exact) mass is 236 g/mol. The Kier molecular flexibility index (Phi) is 3.09. The van der Waals surface area contributed by atoms with Gasteiger partial charge >= 0.3 is 0 Å². The molecule has 2 atom stereocenters. The highest BCUT2D eigenvalue weighted by Crippen LogP contribution is 2.24. The van der Waals surface area contributed by atoms with E-state index in [0.29, 0.717) is 17.3 Å². The third kappa shape index (κ3) is 2.28. The molecule has 1 saturated heterocycles. The van der Waals surface area contributed by atoms with Crippen LogP contribution in [0, 0.1) is 5.92 Å². The molecule has 0 saturated carbocycles. The molecule has 5 nitrogen and oxygen atoms in total. The van der Waals surface area contributed by atoms with Crippen LogP contribution in [-0.4, -0.2) is 33.2 Å². The molecule has 5 heteroatoms. The molecule has 1 amide bonds. The summed E-state index contributed by atoms with van der Waals surface area (Å²) in [5.74, 6) is 0.651. The summed E-state index contributed by atoms with van der Waals surface area (Å²) >= 11 is 0. The number of nitrogens with two attached hydrogens (primary N) is 1. The lowest BCUT2D eigenvalue weighted by molar-refractivity contribution is 0.0583. The van der Waals surface area contributed by atoms with E-state index in [4.69, 9.17) is 5.73 Å². The molecule has 2 unspecified atom stereocenters. The minimum Gasteiger partial charge on any atom is -0.396 e. The molecule has 2 rings (SSSR count). The van der Waals surface area contributed by atoms with Gasteiger partial charge in [-0.15, -0.1) is 0 Å². The second-order valence-electron chi connectivity index (χ2n) is 5.08. The van der Waals surface area contributed by atoms with Crippen molar-refractivity contribution >= 4 is 11.6 Å². The molecule has 0 radical (unpaired) electrons. The van der Waals surface area contributed by atoms with Crippen LogP contribution in [0.2, 0.25) is 0 Å². The second-order valence-corrected chi connectivity index (χ2v) is 5.08. The number of likely N-dealkylation sites (tertiary alicyclic amines) is 1. The Hall–Kier alpha value is -1.52. The van der Waals surface area contributed by atoms with Crippen molar-refractivity contribution < 1.29 is 4.79 Å². The van der Waals surface area contributed by atoms with Gasteiger partial charge in [0.05, 0.1) is 5.69 Å². The first-order valence-corrected chi connectivity index (χ1v) is 6.09. The fraction of sp³-hybridized carbons (Fsp3) is 0.667. The van der Waals surface area contributed by atoms with Gasteiger partial charge in [0.15, 0.2) is 5.69 Å². The summed E-state index contributed by atoms with van der Waals surface area (Å²) in [6.45, 7) is 5.12. The first-order valence-electron chi connectivity index (χ1n) is 6.09. The highest BCUT2D eigenvalue weighted by Gasteiger charge is 2.29. The maximum absolute atomic E-state index is 12.3. The van der Waals surface area contributed by atoms with Gasteiger partial charge in [-0.1, -0.05) is 6.92 Å². The quantitative estimate of drug-likeness (QED) is 0.798. The fourth-order valence-electron chi connectivity index (χ4n) is 2.52. The molecule has 1 aromatic rings. The van der Waals surface area contributed by atoms with E-state index >= 15 is 0 Å². The molecule has 0 aromatic carbocycles. The minimum atomic E-state index is -0.0394. The largest absolute Gasteiger partial charge is 0.396 e. The normalized spacial score (nSPS) is 25.0. The summed E-state index contributed by atoms with van der Waals surface area (Å²) in [6, 6.07) is 0.271. The van der Waals surface area contributed by atoms with Crippen molar-refractivity contribution in [2.24, 2.45) is 13.0 Å². The maximum atomic E-state index is 12.3. The molecular formula is C12H20N4O. The summed E-state index contributed by atoms with van der Waals surface area (Å²) in [7, 11) is 1.77. The summed E-state index contributed by atoms with van der Waals surface area (Å²) in [6.07, 6.45) is 3.78. The van der Waals surface area contributed by atoms with Gasteiger partial charge in [-0.05, 0) is 25.7 Å². The molecule has 2 heterocycles. The predicted octanol–water partition coefficient (Wildman–Crippen LogP) is 1.26. The standard InChI is InChI=1S/C12H20N4O/c1-8-4-5-16(9(2)6-8)12(17)11-10(13)7-15(3)14-11/h7-9H,4-6,13H2,1-3H3. The predicted molar refractivity (Wildman–Crippen MR) is 66.5 cm³/mol. The first kappa shape index (κ1) is 12.0. The van der Waals surface area contributed by atoms with E-state index in [1.165, 1.54) is 0 Å². The average Bonchev–Trinajstić information content (AvgIpc) is 2.57. The van der Waals surface area contributed by atoms with Crippen LogP contribution in [0.5, 0.6) is 0 Å². The Morgan fingerprint density at radius 3 is 2.76 bits per heavy atom. The highest BCUT2D eigenvalue weighted by atomic mass is 16.2. The third-order valence-corrected chi connectivity index (χ3v) is 3.46. The zero-order chi connectivity index (χ0) is 12.6. The molecule has 1 aromatic heterocycles. The van der Waals surface area contributed by atoms with E-state index in [0.717, 1.165) is 19.4 Å². The Morgan fingerprint density at radius 2 is 2.24 bits per heavy atom. The number of amides is 1. The lowest BCUT2D eigenvalue weighted by Crippen LogP contribution is -2.44. The van der Waals surface area contributed by atoms with Crippen molar-refractivity contribution in [1.29, 1.82) is 0 Å². The van der Waals surface area contributed by atoms with Gasteiger partial charge in [-0.2, -0.15) is 5.10 Å². The van der Waals surface area contributed by atoms with Crippen LogP contribution in [0.15, 0.2) is 6.20 Å². The molecule has 94 valence electrons. The lowest BCUT2D eigenvalue weighted by atomic mass is 9.93. The average molecular weight is 236 g/mol. The van der Waals surface area contributed by atoms with Crippen LogP contribution in [-0.2, 0) is 7.05 Å². The number of hydrogen-bond acceptors (Lipinski definition) is 3. The zero-order valence-corrected chi connectivity index (χ0v) is 10.7. The third-order valence-electron chi connectivity index (χ3n) is 3.46. The Balaban J connectivity index is 2.17. The molecule has 0 spiro atoms. The summed E-state index contributed by atoms with van der Waals surface area (Å²) in [5, 5.41) is 4.14. The van der Waals surface area contributed by atoms with Gasteiger partial charge in [0.25, 0.3) is 5.91 Å². The fourth-order valence-corrected chi connectivity index (χ4v) is 2.52. The molecule has 0 aliphatic carbocycles. The molecule has 1 fully saturated rings. The number of anilines is 1. The SMILES string of the molecule is CC1CCN(C(=O)c2nn(C)cc2N)C(C)C1. The van der Waals surface area contributed by atoms with Crippen LogP contribution in [0.25, 0.3) is 0 Å². The highest BCUT2D eigenvalue weighted by molar-refractivity contribution is 5.97. The Morgan fingerprint density at radius 1 is 1.53 bits per heavy atom. The smallest absolute Gasteiger partial charge is 0.276 e. The summed E-state index contributed by atoms with van der Waals surface area (Å²) < 4.78 is 1.58. The maximum Gasteiger partial charge on any atom is 0.276 e. The van der Waals surface area contributed by atoms with Gasteiger partial charge in [0.2, 0.25) is 0 Å². The molecule has 17 heavy (non-hydrogen) atoms. The second kappa shape index (κ2) is 4.39. The Bertz CT molecular complexity index is 426. The van der Waals surface area contributed by atoms with Crippen molar-refractivity contribution in [2.75, 3.05) is 12.3 Å². The number of nitrogens with zero attached hydrogens (tertiary/aromatic N) is 3. The number of aryl methyl sites for hydroxylation is 1. The minimum absolute atomic E-state index is 0.0394. The molecule has 1 aliphatic heterocycles. The number of hydrogen-bond donors (Lipinski definition) is 1. The van der Waals surface area contributed by atoms with Crippen molar-refractivity contribution in [2.45, 2.75) is 32.7 Å². The molecule has 1 aliphatic rings. The molecule has 0 bridgehead atoms. The number of carbonyl (C=O) groups is 1. The van der Waals surface area contributed by atoms with Crippen LogP contribution < -0.4 is 5.73 Å². The number of carbonyl (C=O) groups excluding carboxylic acids is 1. The van der Waals surface area contributed by atoms with Crippen LogP contribution in [0.3, 0.4) is 0 Å². The van der Waals surface area contributed by atoms with E-state index in [1.54, 1.807) is 17.9 Å². The van der Waals surface area contributed by atoms with Gasteiger partial charge in [0, 0.05) is 25.8 Å². The van der Waals surface area contributed by atoms with E-state index in [2.05, 4.69) is 18.9 Å². The molecule has 2 N–H and O–H groups in total.